The minimum absolute atomic E-state index is 0.235. The fraction of sp³-hybridized carbons (Fsp3) is 0.143. The Morgan fingerprint density at radius 1 is 1.20 bits per heavy atom. The summed E-state index contributed by atoms with van der Waals surface area (Å²) in [5, 5.41) is 8.68. The molecule has 1 rings (SSSR count). The Balaban J connectivity index is 3.28. The summed E-state index contributed by atoms with van der Waals surface area (Å²) in [5.41, 5.74) is 0.235. The predicted molar refractivity (Wildman–Crippen MR) is 32.8 cm³/mol. The molecule has 0 heterocycles. The quantitative estimate of drug-likeness (QED) is 0.590. The van der Waals surface area contributed by atoms with Gasteiger partial charge in [-0.05, 0) is 18.6 Å². The van der Waals surface area contributed by atoms with Crippen LogP contribution in [0, 0.1) is 18.6 Å². The number of hydrogen-bond acceptors (Lipinski definition) is 1. The third-order valence-electron chi connectivity index (χ3n) is 1.23. The molecule has 0 saturated carbocycles. The molecule has 1 aromatic carbocycles. The van der Waals surface area contributed by atoms with Crippen LogP contribution in [0.4, 0.5) is 8.78 Å². The van der Waals surface area contributed by atoms with Gasteiger partial charge in [0.1, 0.15) is 5.82 Å². The van der Waals surface area contributed by atoms with Gasteiger partial charge in [0.2, 0.25) is 0 Å². The van der Waals surface area contributed by atoms with E-state index < -0.39 is 17.4 Å². The Kier molecular flexibility index (Phi) is 1.57. The van der Waals surface area contributed by atoms with E-state index >= 15 is 0 Å². The van der Waals surface area contributed by atoms with Crippen LogP contribution in [0.15, 0.2) is 12.1 Å². The van der Waals surface area contributed by atoms with Crippen molar-refractivity contribution in [3.8, 4) is 5.75 Å². The van der Waals surface area contributed by atoms with Gasteiger partial charge >= 0.3 is 0 Å². The van der Waals surface area contributed by atoms with Crippen LogP contribution in [-0.4, -0.2) is 5.11 Å². The molecular weight excluding hydrogens is 138 g/mol. The molecule has 0 unspecified atom stereocenters. The molecule has 3 heteroatoms. The lowest BCUT2D eigenvalue weighted by Gasteiger charge is -1.97. The van der Waals surface area contributed by atoms with E-state index in [0.717, 1.165) is 6.07 Å². The molecule has 0 spiro atoms. The van der Waals surface area contributed by atoms with Gasteiger partial charge in [0.25, 0.3) is 0 Å². The minimum Gasteiger partial charge on any atom is -0.505 e. The standard InChI is InChI=1S/C7H6F2O/c1-4-2-7(10)6(9)3-5(4)8/h2-3,10H,1H3. The molecule has 0 aliphatic heterocycles. The Bertz CT molecular complexity index is 208. The van der Waals surface area contributed by atoms with E-state index in [4.69, 9.17) is 5.11 Å². The molecule has 54 valence electrons. The molecule has 1 N–H and O–H groups in total. The molecule has 10 heavy (non-hydrogen) atoms. The molecule has 1 aromatic rings. The highest BCUT2D eigenvalue weighted by atomic mass is 19.1. The number of phenolic OH excluding ortho intramolecular Hbond substituents is 1. The molecule has 0 aliphatic carbocycles. The molecule has 0 bridgehead atoms. The van der Waals surface area contributed by atoms with Crippen molar-refractivity contribution in [2.24, 2.45) is 0 Å². The summed E-state index contributed by atoms with van der Waals surface area (Å²) in [5.74, 6) is -2.09. The maximum atomic E-state index is 12.4. The molecular formula is C7H6F2O. The highest BCUT2D eigenvalue weighted by Gasteiger charge is 2.03. The first-order valence-electron chi connectivity index (χ1n) is 2.76. The van der Waals surface area contributed by atoms with Crippen molar-refractivity contribution in [3.63, 3.8) is 0 Å². The van der Waals surface area contributed by atoms with Crippen molar-refractivity contribution in [3.05, 3.63) is 29.3 Å². The maximum absolute atomic E-state index is 12.4. The molecule has 0 radical (unpaired) electrons. The Morgan fingerprint density at radius 2 is 1.80 bits per heavy atom. The number of rotatable bonds is 0. The van der Waals surface area contributed by atoms with Crippen LogP contribution in [0.3, 0.4) is 0 Å². The van der Waals surface area contributed by atoms with Gasteiger partial charge in [0, 0.05) is 6.07 Å². The van der Waals surface area contributed by atoms with Gasteiger partial charge < -0.3 is 5.11 Å². The van der Waals surface area contributed by atoms with Gasteiger partial charge in [-0.1, -0.05) is 0 Å². The highest BCUT2D eigenvalue weighted by Crippen LogP contribution is 2.18. The molecule has 0 amide bonds. The van der Waals surface area contributed by atoms with Crippen molar-refractivity contribution in [1.82, 2.24) is 0 Å². The number of aryl methyl sites for hydroxylation is 1. The van der Waals surface area contributed by atoms with E-state index in [9.17, 15) is 8.78 Å². The van der Waals surface area contributed by atoms with Gasteiger partial charge in [0.05, 0.1) is 0 Å². The predicted octanol–water partition coefficient (Wildman–Crippen LogP) is 1.98. The van der Waals surface area contributed by atoms with Crippen LogP contribution in [0.25, 0.3) is 0 Å². The van der Waals surface area contributed by atoms with Gasteiger partial charge in [-0.15, -0.1) is 0 Å². The third kappa shape index (κ3) is 1.07. The van der Waals surface area contributed by atoms with Crippen LogP contribution >= 0.6 is 0 Å². The maximum Gasteiger partial charge on any atom is 0.167 e. The summed E-state index contributed by atoms with van der Waals surface area (Å²) < 4.78 is 24.7. The van der Waals surface area contributed by atoms with E-state index in [0.29, 0.717) is 6.07 Å². The molecule has 0 fully saturated rings. The van der Waals surface area contributed by atoms with Gasteiger partial charge in [0.15, 0.2) is 11.6 Å². The molecule has 0 aromatic heterocycles. The van der Waals surface area contributed by atoms with Crippen LogP contribution in [0.1, 0.15) is 5.56 Å². The minimum atomic E-state index is -0.928. The summed E-state index contributed by atoms with van der Waals surface area (Å²) in [7, 11) is 0. The number of benzene rings is 1. The zero-order valence-corrected chi connectivity index (χ0v) is 5.36. The lowest BCUT2D eigenvalue weighted by atomic mass is 10.2. The molecule has 0 aliphatic rings. The van der Waals surface area contributed by atoms with Crippen molar-refractivity contribution < 1.29 is 13.9 Å². The first kappa shape index (κ1) is 6.99. The summed E-state index contributed by atoms with van der Waals surface area (Å²) in [4.78, 5) is 0. The van der Waals surface area contributed by atoms with Gasteiger partial charge in [-0.2, -0.15) is 0 Å². The summed E-state index contributed by atoms with van der Waals surface area (Å²) in [6, 6.07) is 1.70. The summed E-state index contributed by atoms with van der Waals surface area (Å²) in [6.07, 6.45) is 0. The Morgan fingerprint density at radius 3 is 2.30 bits per heavy atom. The average Bonchev–Trinajstić information content (AvgIpc) is 1.84. The van der Waals surface area contributed by atoms with Crippen LogP contribution in [0.2, 0.25) is 0 Å². The topological polar surface area (TPSA) is 20.2 Å². The first-order chi connectivity index (χ1) is 4.61. The number of phenols is 1. The lowest BCUT2D eigenvalue weighted by Crippen LogP contribution is -1.84. The average molecular weight is 144 g/mol. The van der Waals surface area contributed by atoms with E-state index in [1.165, 1.54) is 6.92 Å². The van der Waals surface area contributed by atoms with E-state index in [1.54, 1.807) is 0 Å². The van der Waals surface area contributed by atoms with Gasteiger partial charge in [-0.25, -0.2) is 8.78 Å². The smallest absolute Gasteiger partial charge is 0.167 e. The molecule has 1 nitrogen and oxygen atoms in total. The second kappa shape index (κ2) is 2.25. The van der Waals surface area contributed by atoms with Crippen molar-refractivity contribution in [1.29, 1.82) is 0 Å². The lowest BCUT2D eigenvalue weighted by molar-refractivity contribution is 0.427. The van der Waals surface area contributed by atoms with Crippen molar-refractivity contribution >= 4 is 0 Å². The Labute approximate surface area is 56.9 Å². The fourth-order valence-corrected chi connectivity index (χ4v) is 0.642. The van der Waals surface area contributed by atoms with Crippen molar-refractivity contribution in [2.45, 2.75) is 6.92 Å². The fourth-order valence-electron chi connectivity index (χ4n) is 0.642. The molecule has 0 atom stereocenters. The summed E-state index contributed by atoms with van der Waals surface area (Å²) >= 11 is 0. The van der Waals surface area contributed by atoms with E-state index in [-0.39, 0.29) is 5.56 Å². The van der Waals surface area contributed by atoms with Crippen LogP contribution < -0.4 is 0 Å². The SMILES string of the molecule is Cc1cc(O)c(F)cc1F. The second-order valence-corrected chi connectivity index (χ2v) is 2.05. The van der Waals surface area contributed by atoms with Gasteiger partial charge in [-0.3, -0.25) is 0 Å². The first-order valence-corrected chi connectivity index (χ1v) is 2.76. The van der Waals surface area contributed by atoms with E-state index in [1.807, 2.05) is 0 Å². The highest BCUT2D eigenvalue weighted by molar-refractivity contribution is 5.29. The number of halogens is 2. The van der Waals surface area contributed by atoms with E-state index in [2.05, 4.69) is 0 Å². The zero-order chi connectivity index (χ0) is 7.72. The second-order valence-electron chi connectivity index (χ2n) is 2.05. The number of aromatic hydroxyl groups is 1. The Hall–Kier alpha value is -1.12. The van der Waals surface area contributed by atoms with Crippen molar-refractivity contribution in [2.75, 3.05) is 0 Å². The third-order valence-corrected chi connectivity index (χ3v) is 1.23. The zero-order valence-electron chi connectivity index (χ0n) is 5.36. The largest absolute Gasteiger partial charge is 0.505 e. The van der Waals surface area contributed by atoms with Crippen LogP contribution in [0.5, 0.6) is 5.75 Å². The summed E-state index contributed by atoms with van der Waals surface area (Å²) in [6.45, 7) is 1.45. The monoisotopic (exact) mass is 144 g/mol. The molecule has 0 saturated heterocycles. The normalized spacial score (nSPS) is 9.90. The van der Waals surface area contributed by atoms with Crippen LogP contribution in [-0.2, 0) is 0 Å². The number of hydrogen-bond donors (Lipinski definition) is 1.